The van der Waals surface area contributed by atoms with E-state index in [0.29, 0.717) is 0 Å². The van der Waals surface area contributed by atoms with Crippen LogP contribution in [0.25, 0.3) is 0 Å². The van der Waals surface area contributed by atoms with E-state index >= 15 is 0 Å². The zero-order valence-corrected chi connectivity index (χ0v) is 13.9. The molecule has 0 saturated heterocycles. The van der Waals surface area contributed by atoms with Crippen molar-refractivity contribution in [3.05, 3.63) is 67.5 Å². The van der Waals surface area contributed by atoms with Crippen molar-refractivity contribution < 1.29 is 23.8 Å². The van der Waals surface area contributed by atoms with Gasteiger partial charge in [-0.25, -0.2) is 0 Å². The number of nitrogens with zero attached hydrogens (tertiary/aromatic N) is 2. The monoisotopic (exact) mass is 383 g/mol. The van der Waals surface area contributed by atoms with Crippen LogP contribution in [0.15, 0.2) is 36.4 Å². The SMILES string of the molecule is C[C@H](Oc1ccc([N+](=O)[O-])cc1Cl)C(=O)Nc1ccc(F)c([N+](=O)[O-])c1. The molecule has 2 rings (SSSR count). The molecule has 0 unspecified atom stereocenters. The van der Waals surface area contributed by atoms with Crippen LogP contribution in [0.2, 0.25) is 5.02 Å². The average Bonchev–Trinajstić information content (AvgIpc) is 2.57. The Hall–Kier alpha value is -3.27. The first-order valence-corrected chi connectivity index (χ1v) is 7.42. The molecule has 0 aliphatic rings. The summed E-state index contributed by atoms with van der Waals surface area (Å²) in [5.41, 5.74) is -1.01. The van der Waals surface area contributed by atoms with Gasteiger partial charge in [0.2, 0.25) is 5.82 Å². The lowest BCUT2D eigenvalue weighted by Gasteiger charge is -2.15. The highest BCUT2D eigenvalue weighted by molar-refractivity contribution is 6.32. The standard InChI is InChI=1S/C15H11ClFN3O6/c1-8(26-14-5-3-10(19(22)23)7-11(14)16)15(21)18-9-2-4-12(17)13(6-9)20(24)25/h2-8H,1H3,(H,18,21)/t8-/m0/s1. The summed E-state index contributed by atoms with van der Waals surface area (Å²) in [5, 5.41) is 23.7. The number of amides is 1. The van der Waals surface area contributed by atoms with Gasteiger partial charge in [0, 0.05) is 23.9 Å². The van der Waals surface area contributed by atoms with Gasteiger partial charge in [-0.05, 0) is 25.1 Å². The van der Waals surface area contributed by atoms with Crippen LogP contribution in [0.1, 0.15) is 6.92 Å². The molecule has 11 heteroatoms. The van der Waals surface area contributed by atoms with E-state index in [2.05, 4.69) is 5.32 Å². The molecule has 2 aromatic carbocycles. The highest BCUT2D eigenvalue weighted by Crippen LogP contribution is 2.29. The Bertz CT molecular complexity index is 892. The van der Waals surface area contributed by atoms with E-state index in [9.17, 15) is 29.4 Å². The van der Waals surface area contributed by atoms with Gasteiger partial charge in [-0.2, -0.15) is 4.39 Å². The van der Waals surface area contributed by atoms with Crippen molar-refractivity contribution in [1.82, 2.24) is 0 Å². The number of carbonyl (C=O) groups excluding carboxylic acids is 1. The molecule has 9 nitrogen and oxygen atoms in total. The maximum absolute atomic E-state index is 13.3. The molecular formula is C15H11ClFN3O6. The molecule has 0 fully saturated rings. The highest BCUT2D eigenvalue weighted by atomic mass is 35.5. The summed E-state index contributed by atoms with van der Waals surface area (Å²) in [6.07, 6.45) is -1.09. The van der Waals surface area contributed by atoms with Crippen molar-refractivity contribution in [3.63, 3.8) is 0 Å². The molecule has 0 aliphatic heterocycles. The quantitative estimate of drug-likeness (QED) is 0.598. The first kappa shape index (κ1) is 19.1. The third-order valence-electron chi connectivity index (χ3n) is 3.21. The Morgan fingerprint density at radius 2 is 1.88 bits per heavy atom. The minimum Gasteiger partial charge on any atom is -0.479 e. The van der Waals surface area contributed by atoms with Gasteiger partial charge >= 0.3 is 5.69 Å². The number of hydrogen-bond donors (Lipinski definition) is 1. The number of halogens is 2. The maximum atomic E-state index is 13.3. The molecule has 1 N–H and O–H groups in total. The molecule has 136 valence electrons. The smallest absolute Gasteiger partial charge is 0.306 e. The predicted octanol–water partition coefficient (Wildman–Crippen LogP) is 3.70. The topological polar surface area (TPSA) is 125 Å². The fourth-order valence-corrected chi connectivity index (χ4v) is 2.14. The summed E-state index contributed by atoms with van der Waals surface area (Å²) in [5.74, 6) is -1.67. The van der Waals surface area contributed by atoms with E-state index in [0.717, 1.165) is 30.3 Å². The summed E-state index contributed by atoms with van der Waals surface area (Å²) in [7, 11) is 0. The highest BCUT2D eigenvalue weighted by Gasteiger charge is 2.20. The normalized spacial score (nSPS) is 11.5. The number of hydrogen-bond acceptors (Lipinski definition) is 6. The minimum absolute atomic E-state index is 0.00773. The van der Waals surface area contributed by atoms with Gasteiger partial charge in [0.1, 0.15) is 5.75 Å². The lowest BCUT2D eigenvalue weighted by Crippen LogP contribution is -2.30. The minimum atomic E-state index is -1.09. The second-order valence-corrected chi connectivity index (χ2v) is 5.45. The number of nitro benzene ring substituents is 2. The van der Waals surface area contributed by atoms with Crippen LogP contribution in [0, 0.1) is 26.0 Å². The van der Waals surface area contributed by atoms with E-state index in [4.69, 9.17) is 16.3 Å². The van der Waals surface area contributed by atoms with Gasteiger partial charge in [0.15, 0.2) is 6.10 Å². The van der Waals surface area contributed by atoms with E-state index < -0.39 is 33.4 Å². The summed E-state index contributed by atoms with van der Waals surface area (Å²) in [6, 6.07) is 6.37. The van der Waals surface area contributed by atoms with Crippen LogP contribution < -0.4 is 10.1 Å². The van der Waals surface area contributed by atoms with E-state index in [1.807, 2.05) is 0 Å². The summed E-state index contributed by atoms with van der Waals surface area (Å²) >= 11 is 5.88. The van der Waals surface area contributed by atoms with Gasteiger partial charge in [0.05, 0.1) is 14.9 Å². The Labute approximate surface area is 150 Å². The van der Waals surface area contributed by atoms with Gasteiger partial charge in [-0.1, -0.05) is 11.6 Å². The number of nitro groups is 2. The molecule has 26 heavy (non-hydrogen) atoms. The molecule has 1 atom stereocenters. The lowest BCUT2D eigenvalue weighted by molar-refractivity contribution is -0.387. The van der Waals surface area contributed by atoms with Crippen LogP contribution in [0.4, 0.5) is 21.5 Å². The van der Waals surface area contributed by atoms with Crippen molar-refractivity contribution >= 4 is 34.6 Å². The first-order chi connectivity index (χ1) is 12.2. The van der Waals surface area contributed by atoms with Crippen LogP contribution >= 0.6 is 11.6 Å². The Kier molecular flexibility index (Phi) is 5.68. The summed E-state index contributed by atoms with van der Waals surface area (Å²) in [4.78, 5) is 31.9. The zero-order chi connectivity index (χ0) is 19.4. The third kappa shape index (κ3) is 4.42. The molecule has 0 saturated carbocycles. The van der Waals surface area contributed by atoms with Crippen molar-refractivity contribution in [2.45, 2.75) is 13.0 Å². The molecule has 0 radical (unpaired) electrons. The zero-order valence-electron chi connectivity index (χ0n) is 13.1. The fourth-order valence-electron chi connectivity index (χ4n) is 1.92. The molecule has 0 heterocycles. The van der Waals surface area contributed by atoms with Gasteiger partial charge < -0.3 is 10.1 Å². The van der Waals surface area contributed by atoms with Crippen molar-refractivity contribution in [1.29, 1.82) is 0 Å². The van der Waals surface area contributed by atoms with E-state index in [1.54, 1.807) is 0 Å². The first-order valence-electron chi connectivity index (χ1n) is 7.04. The molecular weight excluding hydrogens is 373 g/mol. The Morgan fingerprint density at radius 3 is 2.46 bits per heavy atom. The Morgan fingerprint density at radius 1 is 1.19 bits per heavy atom. The number of ether oxygens (including phenoxy) is 1. The molecule has 2 aromatic rings. The third-order valence-corrected chi connectivity index (χ3v) is 3.50. The van der Waals surface area contributed by atoms with E-state index in [1.165, 1.54) is 13.0 Å². The molecule has 0 bridgehead atoms. The molecule has 0 aromatic heterocycles. The van der Waals surface area contributed by atoms with Gasteiger partial charge in [-0.3, -0.25) is 25.0 Å². The number of benzene rings is 2. The largest absolute Gasteiger partial charge is 0.479 e. The van der Waals surface area contributed by atoms with Crippen molar-refractivity contribution in [2.75, 3.05) is 5.32 Å². The van der Waals surface area contributed by atoms with Crippen LogP contribution in [0.5, 0.6) is 5.75 Å². The lowest BCUT2D eigenvalue weighted by atomic mass is 10.2. The molecule has 1 amide bonds. The summed E-state index contributed by atoms with van der Waals surface area (Å²) < 4.78 is 18.6. The van der Waals surface area contributed by atoms with Crippen molar-refractivity contribution in [2.24, 2.45) is 0 Å². The van der Waals surface area contributed by atoms with Crippen LogP contribution in [-0.2, 0) is 4.79 Å². The van der Waals surface area contributed by atoms with E-state index in [-0.39, 0.29) is 22.1 Å². The number of nitrogens with one attached hydrogen (secondary N) is 1. The summed E-state index contributed by atoms with van der Waals surface area (Å²) in [6.45, 7) is 1.38. The fraction of sp³-hybridized carbons (Fsp3) is 0.133. The van der Waals surface area contributed by atoms with Crippen LogP contribution in [0.3, 0.4) is 0 Å². The number of rotatable bonds is 6. The maximum Gasteiger partial charge on any atom is 0.306 e. The Balaban J connectivity index is 2.10. The van der Waals surface area contributed by atoms with Crippen LogP contribution in [-0.4, -0.2) is 21.9 Å². The number of non-ortho nitro benzene ring substituents is 1. The number of carbonyl (C=O) groups is 1. The predicted molar refractivity (Wildman–Crippen MR) is 89.9 cm³/mol. The second kappa shape index (κ2) is 7.74. The van der Waals surface area contributed by atoms with Crippen molar-refractivity contribution in [3.8, 4) is 5.75 Å². The average molecular weight is 384 g/mol. The van der Waals surface area contributed by atoms with Gasteiger partial charge in [0.25, 0.3) is 11.6 Å². The molecule has 0 spiro atoms. The molecule has 0 aliphatic carbocycles. The number of anilines is 1. The van der Waals surface area contributed by atoms with Gasteiger partial charge in [-0.15, -0.1) is 0 Å². The second-order valence-electron chi connectivity index (χ2n) is 5.04.